The first-order valence-electron chi connectivity index (χ1n) is 7.44. The molecule has 1 heterocycles. The average molecular weight is 334 g/mol. The van der Waals surface area contributed by atoms with Gasteiger partial charge in [-0.15, -0.1) is 0 Å². The van der Waals surface area contributed by atoms with Crippen molar-refractivity contribution in [3.63, 3.8) is 0 Å². The van der Waals surface area contributed by atoms with Gasteiger partial charge in [0.2, 0.25) is 0 Å². The van der Waals surface area contributed by atoms with Crippen LogP contribution in [-0.2, 0) is 12.6 Å². The second kappa shape index (κ2) is 7.73. The fourth-order valence-corrected chi connectivity index (χ4v) is 2.51. The lowest BCUT2D eigenvalue weighted by Crippen LogP contribution is -2.37. The Morgan fingerprint density at radius 3 is 2.00 bits per heavy atom. The summed E-state index contributed by atoms with van der Waals surface area (Å²) in [5.74, 6) is -2.51. The largest absolute Gasteiger partial charge is 0.416 e. The van der Waals surface area contributed by atoms with Gasteiger partial charge < -0.3 is 5.32 Å². The van der Waals surface area contributed by atoms with Crippen molar-refractivity contribution in [1.29, 1.82) is 5.26 Å². The van der Waals surface area contributed by atoms with Crippen molar-refractivity contribution in [3.05, 3.63) is 34.9 Å². The van der Waals surface area contributed by atoms with Gasteiger partial charge in [0.1, 0.15) is 11.6 Å². The lowest BCUT2D eigenvalue weighted by Gasteiger charge is -2.31. The molecule has 1 aromatic carbocycles. The number of nitrogens with one attached hydrogen (secondary N) is 1. The molecule has 128 valence electrons. The Balaban J connectivity index is 0.00000127. The van der Waals surface area contributed by atoms with Crippen LogP contribution in [0.15, 0.2) is 12.1 Å². The number of nitriles is 1. The molecular formula is C16H19F5N2. The van der Waals surface area contributed by atoms with Crippen molar-refractivity contribution < 1.29 is 22.0 Å². The number of hydrogen-bond acceptors (Lipinski definition) is 2. The summed E-state index contributed by atoms with van der Waals surface area (Å²) >= 11 is 0. The molecule has 0 spiro atoms. The molecule has 0 aliphatic carbocycles. The van der Waals surface area contributed by atoms with Crippen LogP contribution in [0.3, 0.4) is 0 Å². The molecule has 1 aliphatic rings. The van der Waals surface area contributed by atoms with Gasteiger partial charge in [0.25, 0.3) is 0 Å². The molecule has 1 fully saturated rings. The third kappa shape index (κ3) is 4.64. The van der Waals surface area contributed by atoms with E-state index in [9.17, 15) is 27.2 Å². The van der Waals surface area contributed by atoms with Crippen molar-refractivity contribution in [1.82, 2.24) is 5.32 Å². The van der Waals surface area contributed by atoms with E-state index >= 15 is 0 Å². The quantitative estimate of drug-likeness (QED) is 0.811. The summed E-state index contributed by atoms with van der Waals surface area (Å²) in [6.45, 7) is 5.08. The number of rotatable bonds is 2. The summed E-state index contributed by atoms with van der Waals surface area (Å²) in [7, 11) is 0. The van der Waals surface area contributed by atoms with E-state index in [1.807, 2.05) is 13.8 Å². The third-order valence-corrected chi connectivity index (χ3v) is 3.78. The Morgan fingerprint density at radius 1 is 1.13 bits per heavy atom. The first-order valence-corrected chi connectivity index (χ1v) is 7.44. The Labute approximate surface area is 132 Å². The van der Waals surface area contributed by atoms with Gasteiger partial charge in [0.15, 0.2) is 0 Å². The summed E-state index contributed by atoms with van der Waals surface area (Å²) in [6.07, 6.45) is -4.21. The molecule has 1 aliphatic heterocycles. The van der Waals surface area contributed by atoms with Gasteiger partial charge >= 0.3 is 6.18 Å². The van der Waals surface area contributed by atoms with Crippen molar-refractivity contribution in [2.24, 2.45) is 5.41 Å². The molecule has 2 nitrogen and oxygen atoms in total. The van der Waals surface area contributed by atoms with Crippen molar-refractivity contribution >= 4 is 0 Å². The number of nitrogens with zero attached hydrogens (tertiary/aromatic N) is 1. The third-order valence-electron chi connectivity index (χ3n) is 3.78. The summed E-state index contributed by atoms with van der Waals surface area (Å²) < 4.78 is 65.1. The first kappa shape index (κ1) is 19.4. The maximum atomic E-state index is 13.8. The maximum absolute atomic E-state index is 13.8. The highest BCUT2D eigenvalue weighted by Gasteiger charge is 2.36. The Hall–Kier alpha value is -1.68. The molecule has 0 atom stereocenters. The Bertz CT molecular complexity index is 546. The molecular weight excluding hydrogens is 315 g/mol. The fourth-order valence-electron chi connectivity index (χ4n) is 2.51. The molecule has 0 radical (unpaired) electrons. The summed E-state index contributed by atoms with van der Waals surface area (Å²) in [5, 5.41) is 12.3. The summed E-state index contributed by atoms with van der Waals surface area (Å²) in [6, 6.07) is 2.63. The minimum atomic E-state index is -4.80. The minimum absolute atomic E-state index is 0.221. The van der Waals surface area contributed by atoms with E-state index < -0.39 is 34.4 Å². The number of piperidine rings is 1. The van der Waals surface area contributed by atoms with E-state index in [4.69, 9.17) is 0 Å². The predicted octanol–water partition coefficient (Wildman–Crippen LogP) is 4.45. The number of halogens is 5. The molecule has 2 rings (SSSR count). The summed E-state index contributed by atoms with van der Waals surface area (Å²) in [5.41, 5.74) is -2.75. The van der Waals surface area contributed by atoms with Crippen LogP contribution in [0.25, 0.3) is 0 Å². The van der Waals surface area contributed by atoms with Crippen LogP contribution < -0.4 is 5.32 Å². The van der Waals surface area contributed by atoms with Crippen molar-refractivity contribution in [3.8, 4) is 6.07 Å². The highest BCUT2D eigenvalue weighted by atomic mass is 19.4. The van der Waals surface area contributed by atoms with Crippen LogP contribution >= 0.6 is 0 Å². The van der Waals surface area contributed by atoms with Crippen molar-refractivity contribution in [2.45, 2.75) is 39.3 Å². The number of alkyl halides is 3. The topological polar surface area (TPSA) is 35.8 Å². The van der Waals surface area contributed by atoms with Gasteiger partial charge in [-0.25, -0.2) is 8.78 Å². The Morgan fingerprint density at radius 2 is 1.61 bits per heavy atom. The number of hydrogen-bond donors (Lipinski definition) is 1. The van der Waals surface area contributed by atoms with Crippen LogP contribution in [0.1, 0.15) is 37.8 Å². The zero-order chi connectivity index (χ0) is 17.7. The van der Waals surface area contributed by atoms with E-state index in [-0.39, 0.29) is 18.6 Å². The monoisotopic (exact) mass is 334 g/mol. The van der Waals surface area contributed by atoms with Crippen LogP contribution in [0.2, 0.25) is 0 Å². The molecule has 1 aromatic rings. The zero-order valence-corrected chi connectivity index (χ0v) is 13.0. The second-order valence-electron chi connectivity index (χ2n) is 5.24. The minimum Gasteiger partial charge on any atom is -0.317 e. The van der Waals surface area contributed by atoms with E-state index in [2.05, 4.69) is 11.4 Å². The Kier molecular flexibility index (Phi) is 6.51. The lowest BCUT2D eigenvalue weighted by molar-refractivity contribution is -0.138. The second-order valence-corrected chi connectivity index (χ2v) is 5.24. The normalized spacial score (nSPS) is 17.0. The van der Waals surface area contributed by atoms with Crippen LogP contribution in [0.4, 0.5) is 22.0 Å². The standard InChI is InChI=1S/C14H13F5N2.C2H6/c15-11-5-9(14(17,18)19)6-12(16)10(11)7-13(8-20)1-3-21-4-2-13;1-2/h5-6,21H,1-4,7H2;1-2H3. The molecule has 7 heteroatoms. The molecule has 1 saturated heterocycles. The smallest absolute Gasteiger partial charge is 0.317 e. The van der Waals surface area contributed by atoms with E-state index in [0.29, 0.717) is 25.9 Å². The molecule has 0 aromatic heterocycles. The summed E-state index contributed by atoms with van der Waals surface area (Å²) in [4.78, 5) is 0. The van der Waals surface area contributed by atoms with Crippen LogP contribution in [0.5, 0.6) is 0 Å². The van der Waals surface area contributed by atoms with Gasteiger partial charge in [-0.2, -0.15) is 18.4 Å². The van der Waals surface area contributed by atoms with Gasteiger partial charge in [-0.1, -0.05) is 13.8 Å². The lowest BCUT2D eigenvalue weighted by atomic mass is 9.75. The van der Waals surface area contributed by atoms with Gasteiger partial charge in [-0.3, -0.25) is 0 Å². The van der Waals surface area contributed by atoms with Crippen LogP contribution in [0, 0.1) is 28.4 Å². The maximum Gasteiger partial charge on any atom is 0.416 e. The molecule has 1 N–H and O–H groups in total. The predicted molar refractivity (Wildman–Crippen MR) is 76.6 cm³/mol. The molecule has 0 bridgehead atoms. The van der Waals surface area contributed by atoms with Gasteiger partial charge in [0.05, 0.1) is 17.0 Å². The molecule has 0 saturated carbocycles. The first-order chi connectivity index (χ1) is 10.8. The zero-order valence-electron chi connectivity index (χ0n) is 13.0. The van der Waals surface area contributed by atoms with Gasteiger partial charge in [0, 0.05) is 5.56 Å². The van der Waals surface area contributed by atoms with Crippen molar-refractivity contribution in [2.75, 3.05) is 13.1 Å². The van der Waals surface area contributed by atoms with Gasteiger partial charge in [-0.05, 0) is 44.5 Å². The highest BCUT2D eigenvalue weighted by molar-refractivity contribution is 5.30. The fraction of sp³-hybridized carbons (Fsp3) is 0.562. The highest BCUT2D eigenvalue weighted by Crippen LogP contribution is 2.36. The SMILES string of the molecule is CC.N#CC1(Cc2c(F)cc(C(F)(F)F)cc2F)CCNCC1. The number of benzene rings is 1. The van der Waals surface area contributed by atoms with E-state index in [0.717, 1.165) is 0 Å². The molecule has 0 amide bonds. The molecule has 23 heavy (non-hydrogen) atoms. The average Bonchev–Trinajstić information content (AvgIpc) is 2.53. The van der Waals surface area contributed by atoms with E-state index in [1.54, 1.807) is 0 Å². The molecule has 0 unspecified atom stereocenters. The van der Waals surface area contributed by atoms with E-state index in [1.165, 1.54) is 0 Å². The van der Waals surface area contributed by atoms with Crippen LogP contribution in [-0.4, -0.2) is 13.1 Å².